The molecule has 0 unspecified atom stereocenters. The molecule has 0 radical (unpaired) electrons. The minimum Gasteiger partial charge on any atom is -0.489 e. The highest BCUT2D eigenvalue weighted by Crippen LogP contribution is 2.35. The first-order valence-electron chi connectivity index (χ1n) is 11.3. The lowest BCUT2D eigenvalue weighted by atomic mass is 10.1. The summed E-state index contributed by atoms with van der Waals surface area (Å²) in [6.07, 6.45) is 1.32. The molecule has 3 aromatic rings. The number of hydrogen-bond donors (Lipinski definition) is 2. The number of anilines is 3. The van der Waals surface area contributed by atoms with E-state index in [1.165, 1.54) is 12.4 Å². The predicted molar refractivity (Wildman–Crippen MR) is 142 cm³/mol. The topological polar surface area (TPSA) is 104 Å². The van der Waals surface area contributed by atoms with Crippen LogP contribution >= 0.6 is 34.8 Å². The fraction of sp³-hybridized carbons (Fsp3) is 0.375. The summed E-state index contributed by atoms with van der Waals surface area (Å²) in [5, 5.41) is 6.34. The maximum Gasteiger partial charge on any atom is 0.239 e. The summed E-state index contributed by atoms with van der Waals surface area (Å²) in [6.45, 7) is 4.96. The summed E-state index contributed by atoms with van der Waals surface area (Å²) in [4.78, 5) is 20.5. The van der Waals surface area contributed by atoms with Crippen LogP contribution < -0.4 is 15.4 Å². The van der Waals surface area contributed by atoms with Gasteiger partial charge >= 0.3 is 0 Å². The summed E-state index contributed by atoms with van der Waals surface area (Å²) >= 11 is 17.6. The number of ether oxygens (including phenoxy) is 4. The molecule has 0 aliphatic heterocycles. The van der Waals surface area contributed by atoms with Gasteiger partial charge in [-0.05, 0) is 25.1 Å². The van der Waals surface area contributed by atoms with E-state index in [4.69, 9.17) is 53.8 Å². The smallest absolute Gasteiger partial charge is 0.239 e. The summed E-state index contributed by atoms with van der Waals surface area (Å²) < 4.78 is 36.4. The van der Waals surface area contributed by atoms with Gasteiger partial charge in [-0.25, -0.2) is 14.4 Å². The zero-order valence-corrected chi connectivity index (χ0v) is 22.3. The normalized spacial score (nSPS) is 11.1. The van der Waals surface area contributed by atoms with Crippen molar-refractivity contribution in [2.45, 2.75) is 6.92 Å². The molecule has 0 saturated heterocycles. The first kappa shape index (κ1) is 29.1. The van der Waals surface area contributed by atoms with Crippen molar-refractivity contribution in [1.29, 1.82) is 0 Å². The zero-order valence-electron chi connectivity index (χ0n) is 20.0. The van der Waals surface area contributed by atoms with Crippen molar-refractivity contribution in [3.63, 3.8) is 0 Å². The Hall–Kier alpha value is -2.47. The van der Waals surface area contributed by atoms with Gasteiger partial charge in [0, 0.05) is 18.1 Å². The van der Waals surface area contributed by atoms with E-state index in [0.717, 1.165) is 6.07 Å². The Kier molecular flexibility index (Phi) is 11.8. The van der Waals surface area contributed by atoms with Crippen molar-refractivity contribution in [3.8, 4) is 5.75 Å². The number of aromatic nitrogens is 2. The maximum atomic E-state index is 14.4. The standard InChI is InChI=1S/C24H26Cl3FN4O5/c1-2-34-3-4-35-5-6-36-7-8-37-22-12-19-15(9-21(22)31-23(33)13-25)24(30-14-29-19)32-20-11-17(27)16(26)10-18(20)28/h9-12,14H,2-8,13H2,1H3,(H,31,33)(H,29,30,32). The molecule has 2 aromatic carbocycles. The van der Waals surface area contributed by atoms with Gasteiger partial charge in [-0.1, -0.05) is 23.2 Å². The van der Waals surface area contributed by atoms with Gasteiger partial charge < -0.3 is 29.6 Å². The molecule has 0 fully saturated rings. The molecule has 0 saturated carbocycles. The molecule has 1 amide bonds. The van der Waals surface area contributed by atoms with Crippen molar-refractivity contribution < 1.29 is 28.1 Å². The number of hydrogen-bond acceptors (Lipinski definition) is 8. The van der Waals surface area contributed by atoms with E-state index in [0.29, 0.717) is 62.0 Å². The van der Waals surface area contributed by atoms with Gasteiger partial charge in [-0.2, -0.15) is 0 Å². The molecule has 0 bridgehead atoms. The van der Waals surface area contributed by atoms with Gasteiger partial charge in [-0.3, -0.25) is 4.79 Å². The average molecular weight is 576 g/mol. The lowest BCUT2D eigenvalue weighted by Gasteiger charge is -2.15. The number of fused-ring (bicyclic) bond motifs is 1. The number of carbonyl (C=O) groups is 1. The number of rotatable bonds is 15. The van der Waals surface area contributed by atoms with Gasteiger partial charge in [0.05, 0.1) is 60.0 Å². The molecule has 200 valence electrons. The Bertz CT molecular complexity index is 1200. The van der Waals surface area contributed by atoms with Crippen LogP contribution in [0.25, 0.3) is 10.9 Å². The Labute approximate surface area is 228 Å². The van der Waals surface area contributed by atoms with Gasteiger partial charge in [0.15, 0.2) is 0 Å². The molecule has 37 heavy (non-hydrogen) atoms. The van der Waals surface area contributed by atoms with E-state index in [2.05, 4.69) is 20.6 Å². The number of nitrogens with one attached hydrogen (secondary N) is 2. The van der Waals surface area contributed by atoms with Crippen LogP contribution in [0.2, 0.25) is 10.0 Å². The van der Waals surface area contributed by atoms with Crippen LogP contribution in [0.1, 0.15) is 6.92 Å². The highest BCUT2D eigenvalue weighted by atomic mass is 35.5. The van der Waals surface area contributed by atoms with Crippen LogP contribution in [0.15, 0.2) is 30.6 Å². The Morgan fingerprint density at radius 1 is 0.919 bits per heavy atom. The second kappa shape index (κ2) is 15.1. The molecular formula is C24H26Cl3FN4O5. The first-order valence-corrected chi connectivity index (χ1v) is 12.6. The number of carbonyl (C=O) groups excluding carboxylic acids is 1. The van der Waals surface area contributed by atoms with E-state index in [1.807, 2.05) is 6.92 Å². The van der Waals surface area contributed by atoms with E-state index < -0.39 is 11.7 Å². The van der Waals surface area contributed by atoms with E-state index in [1.54, 1.807) is 12.1 Å². The van der Waals surface area contributed by atoms with Crippen LogP contribution in [-0.4, -0.2) is 68.0 Å². The van der Waals surface area contributed by atoms with E-state index in [9.17, 15) is 9.18 Å². The fourth-order valence-corrected chi connectivity index (χ4v) is 3.51. The molecule has 3 rings (SSSR count). The minimum absolute atomic E-state index is 0.0695. The Morgan fingerprint density at radius 2 is 1.59 bits per heavy atom. The van der Waals surface area contributed by atoms with Crippen molar-refractivity contribution in [3.05, 3.63) is 46.5 Å². The number of benzene rings is 2. The minimum atomic E-state index is -0.614. The van der Waals surface area contributed by atoms with Crippen molar-refractivity contribution in [2.24, 2.45) is 0 Å². The number of nitrogens with zero attached hydrogens (tertiary/aromatic N) is 2. The summed E-state index contributed by atoms with van der Waals surface area (Å²) in [7, 11) is 0. The molecule has 1 aromatic heterocycles. The summed E-state index contributed by atoms with van der Waals surface area (Å²) in [5.74, 6) is -0.671. The van der Waals surface area contributed by atoms with Crippen molar-refractivity contribution in [1.82, 2.24) is 9.97 Å². The second-order valence-corrected chi connectivity index (χ2v) is 8.49. The van der Waals surface area contributed by atoms with Gasteiger partial charge in [0.1, 0.15) is 36.2 Å². The van der Waals surface area contributed by atoms with Crippen LogP contribution in [0.5, 0.6) is 5.75 Å². The van der Waals surface area contributed by atoms with Crippen LogP contribution in [0.4, 0.5) is 21.6 Å². The largest absolute Gasteiger partial charge is 0.489 e. The maximum absolute atomic E-state index is 14.4. The quantitative estimate of drug-likeness (QED) is 0.140. The predicted octanol–water partition coefficient (Wildman–Crippen LogP) is 5.45. The Balaban J connectivity index is 1.72. The lowest BCUT2D eigenvalue weighted by molar-refractivity contribution is -0.113. The third kappa shape index (κ3) is 8.80. The van der Waals surface area contributed by atoms with Gasteiger partial charge in [0.25, 0.3) is 0 Å². The molecule has 0 spiro atoms. The van der Waals surface area contributed by atoms with Crippen LogP contribution in [0, 0.1) is 5.82 Å². The highest BCUT2D eigenvalue weighted by molar-refractivity contribution is 6.42. The monoisotopic (exact) mass is 574 g/mol. The molecule has 9 nitrogen and oxygen atoms in total. The molecular weight excluding hydrogens is 550 g/mol. The van der Waals surface area contributed by atoms with Crippen molar-refractivity contribution >= 4 is 68.8 Å². The summed E-state index contributed by atoms with van der Waals surface area (Å²) in [6, 6.07) is 5.70. The highest BCUT2D eigenvalue weighted by Gasteiger charge is 2.15. The van der Waals surface area contributed by atoms with Gasteiger partial charge in [0.2, 0.25) is 5.91 Å². The molecule has 0 aliphatic rings. The molecule has 0 aliphatic carbocycles. The third-order valence-corrected chi connectivity index (χ3v) is 5.79. The fourth-order valence-electron chi connectivity index (χ4n) is 3.12. The molecule has 0 atom stereocenters. The third-order valence-electron chi connectivity index (χ3n) is 4.83. The SMILES string of the molecule is CCOCCOCCOCCOc1cc2ncnc(Nc3cc(Cl)c(Cl)cc3F)c2cc1NC(=O)CCl. The van der Waals surface area contributed by atoms with Crippen LogP contribution in [-0.2, 0) is 19.0 Å². The number of halogens is 4. The second-order valence-electron chi connectivity index (χ2n) is 7.41. The lowest BCUT2D eigenvalue weighted by Crippen LogP contribution is -2.15. The van der Waals surface area contributed by atoms with Crippen LogP contribution in [0.3, 0.4) is 0 Å². The van der Waals surface area contributed by atoms with E-state index >= 15 is 0 Å². The average Bonchev–Trinajstić information content (AvgIpc) is 2.88. The van der Waals surface area contributed by atoms with E-state index in [-0.39, 0.29) is 34.0 Å². The molecule has 13 heteroatoms. The Morgan fingerprint density at radius 3 is 2.30 bits per heavy atom. The summed E-state index contributed by atoms with van der Waals surface area (Å²) in [5.41, 5.74) is 0.894. The molecule has 1 heterocycles. The number of amides is 1. The van der Waals surface area contributed by atoms with Gasteiger partial charge in [-0.15, -0.1) is 11.6 Å². The molecule has 2 N–H and O–H groups in total. The first-order chi connectivity index (χ1) is 17.9. The van der Waals surface area contributed by atoms with Crippen molar-refractivity contribution in [2.75, 3.05) is 62.8 Å². The zero-order chi connectivity index (χ0) is 26.6. The number of alkyl halides is 1.